The summed E-state index contributed by atoms with van der Waals surface area (Å²) in [6.45, 7) is 4.14. The van der Waals surface area contributed by atoms with Crippen LogP contribution in [0.15, 0.2) is 18.2 Å². The van der Waals surface area contributed by atoms with E-state index in [1.54, 1.807) is 12.1 Å². The van der Waals surface area contributed by atoms with E-state index in [4.69, 9.17) is 5.26 Å². The van der Waals surface area contributed by atoms with E-state index in [2.05, 4.69) is 23.6 Å². The first-order chi connectivity index (χ1) is 10.1. The van der Waals surface area contributed by atoms with Crippen molar-refractivity contribution >= 4 is 17.3 Å². The number of likely N-dealkylation sites (tertiary alicyclic amines) is 1. The van der Waals surface area contributed by atoms with Gasteiger partial charge in [0.2, 0.25) is 5.91 Å². The molecule has 1 saturated heterocycles. The first-order valence-electron chi connectivity index (χ1n) is 7.37. The molecule has 1 aromatic rings. The van der Waals surface area contributed by atoms with Gasteiger partial charge in [0.25, 0.3) is 0 Å². The van der Waals surface area contributed by atoms with Crippen LogP contribution in [0, 0.1) is 17.2 Å². The topological polar surface area (TPSA) is 68.2 Å². The standard InChI is InChI=1S/C16H22N4O/c1-12-4-3-7-20(11-12)16(21)10-19-15-8-13(9-17)5-6-14(15)18-2/h5-6,8,12,18-19H,3-4,7,10-11H2,1-2H3. The second-order valence-corrected chi connectivity index (χ2v) is 5.56. The number of hydrogen-bond acceptors (Lipinski definition) is 4. The summed E-state index contributed by atoms with van der Waals surface area (Å²) >= 11 is 0. The van der Waals surface area contributed by atoms with Crippen LogP contribution in [0.4, 0.5) is 11.4 Å². The van der Waals surface area contributed by atoms with E-state index in [0.29, 0.717) is 11.5 Å². The van der Waals surface area contributed by atoms with E-state index in [1.807, 2.05) is 18.0 Å². The number of nitriles is 1. The summed E-state index contributed by atoms with van der Waals surface area (Å²) in [7, 11) is 1.82. The average molecular weight is 286 g/mol. The van der Waals surface area contributed by atoms with Crippen LogP contribution in [-0.4, -0.2) is 37.5 Å². The average Bonchev–Trinajstić information content (AvgIpc) is 2.52. The molecule has 1 atom stereocenters. The molecule has 2 rings (SSSR count). The highest BCUT2D eigenvalue weighted by Crippen LogP contribution is 2.22. The van der Waals surface area contributed by atoms with Crippen LogP contribution in [-0.2, 0) is 4.79 Å². The lowest BCUT2D eigenvalue weighted by atomic mass is 10.0. The minimum Gasteiger partial charge on any atom is -0.386 e. The number of piperidine rings is 1. The van der Waals surface area contributed by atoms with Crippen molar-refractivity contribution in [1.29, 1.82) is 5.26 Å². The number of nitrogens with one attached hydrogen (secondary N) is 2. The molecule has 5 nitrogen and oxygen atoms in total. The Bertz CT molecular complexity index is 550. The molecule has 21 heavy (non-hydrogen) atoms. The number of hydrogen-bond donors (Lipinski definition) is 2. The summed E-state index contributed by atoms with van der Waals surface area (Å²) in [6.07, 6.45) is 2.28. The van der Waals surface area contributed by atoms with Gasteiger partial charge >= 0.3 is 0 Å². The number of carbonyl (C=O) groups is 1. The van der Waals surface area contributed by atoms with Crippen LogP contribution >= 0.6 is 0 Å². The zero-order valence-electron chi connectivity index (χ0n) is 12.6. The van der Waals surface area contributed by atoms with Crippen LogP contribution in [0.25, 0.3) is 0 Å². The van der Waals surface area contributed by atoms with Crippen molar-refractivity contribution < 1.29 is 4.79 Å². The molecule has 1 fully saturated rings. The monoisotopic (exact) mass is 286 g/mol. The van der Waals surface area contributed by atoms with Crippen molar-refractivity contribution in [3.05, 3.63) is 23.8 Å². The van der Waals surface area contributed by atoms with E-state index in [0.717, 1.165) is 30.9 Å². The van der Waals surface area contributed by atoms with Gasteiger partial charge < -0.3 is 15.5 Å². The summed E-state index contributed by atoms with van der Waals surface area (Å²) in [5.41, 5.74) is 2.25. The number of anilines is 2. The maximum absolute atomic E-state index is 12.2. The minimum absolute atomic E-state index is 0.117. The lowest BCUT2D eigenvalue weighted by Crippen LogP contribution is -2.42. The lowest BCUT2D eigenvalue weighted by Gasteiger charge is -2.31. The van der Waals surface area contributed by atoms with Crippen LogP contribution < -0.4 is 10.6 Å². The summed E-state index contributed by atoms with van der Waals surface area (Å²) < 4.78 is 0. The Morgan fingerprint density at radius 1 is 1.48 bits per heavy atom. The quantitative estimate of drug-likeness (QED) is 0.891. The molecule has 5 heteroatoms. The Balaban J connectivity index is 1.99. The summed E-state index contributed by atoms with van der Waals surface area (Å²) in [5.74, 6) is 0.698. The third kappa shape index (κ3) is 3.88. The SMILES string of the molecule is CNc1ccc(C#N)cc1NCC(=O)N1CCCC(C)C1. The molecule has 1 heterocycles. The highest BCUT2D eigenvalue weighted by atomic mass is 16.2. The molecule has 0 aromatic heterocycles. The predicted octanol–water partition coefficient (Wildman–Crippen LogP) is 2.27. The van der Waals surface area contributed by atoms with Crippen LogP contribution in [0.2, 0.25) is 0 Å². The fourth-order valence-electron chi connectivity index (χ4n) is 2.68. The van der Waals surface area contributed by atoms with Gasteiger partial charge in [-0.3, -0.25) is 4.79 Å². The summed E-state index contributed by atoms with van der Waals surface area (Å²) in [6, 6.07) is 7.47. The molecule has 0 aliphatic carbocycles. The number of nitrogens with zero attached hydrogens (tertiary/aromatic N) is 2. The zero-order chi connectivity index (χ0) is 15.2. The minimum atomic E-state index is 0.117. The van der Waals surface area contributed by atoms with Crippen LogP contribution in [0.3, 0.4) is 0 Å². The molecule has 0 bridgehead atoms. The predicted molar refractivity (Wildman–Crippen MR) is 84.2 cm³/mol. The Labute approximate surface area is 125 Å². The van der Waals surface area contributed by atoms with Gasteiger partial charge in [-0.2, -0.15) is 5.26 Å². The number of amides is 1. The molecule has 0 spiro atoms. The van der Waals surface area contributed by atoms with Crippen molar-refractivity contribution in [1.82, 2.24) is 4.90 Å². The number of rotatable bonds is 4. The third-order valence-electron chi connectivity index (χ3n) is 3.86. The van der Waals surface area contributed by atoms with Crippen molar-refractivity contribution in [3.63, 3.8) is 0 Å². The third-order valence-corrected chi connectivity index (χ3v) is 3.86. The van der Waals surface area contributed by atoms with E-state index < -0.39 is 0 Å². The molecular formula is C16H22N4O. The molecule has 1 aliphatic rings. The molecule has 1 unspecified atom stereocenters. The Hall–Kier alpha value is -2.22. The Kier molecular flexibility index (Phi) is 5.04. The van der Waals surface area contributed by atoms with Crippen molar-refractivity contribution in [2.75, 3.05) is 37.3 Å². The van der Waals surface area contributed by atoms with Crippen LogP contribution in [0.5, 0.6) is 0 Å². The van der Waals surface area contributed by atoms with Gasteiger partial charge in [-0.05, 0) is 37.0 Å². The largest absolute Gasteiger partial charge is 0.386 e. The zero-order valence-corrected chi connectivity index (χ0v) is 12.6. The summed E-state index contributed by atoms with van der Waals surface area (Å²) in [4.78, 5) is 14.2. The molecule has 1 amide bonds. The van der Waals surface area contributed by atoms with Gasteiger partial charge in [-0.25, -0.2) is 0 Å². The van der Waals surface area contributed by atoms with Crippen molar-refractivity contribution in [3.8, 4) is 6.07 Å². The molecule has 0 saturated carbocycles. The Morgan fingerprint density at radius 2 is 2.29 bits per heavy atom. The van der Waals surface area contributed by atoms with Crippen molar-refractivity contribution in [2.45, 2.75) is 19.8 Å². The van der Waals surface area contributed by atoms with Gasteiger partial charge in [0.05, 0.1) is 29.6 Å². The molecule has 112 valence electrons. The summed E-state index contributed by atoms with van der Waals surface area (Å²) in [5, 5.41) is 15.2. The van der Waals surface area contributed by atoms with Crippen LogP contribution in [0.1, 0.15) is 25.3 Å². The molecule has 2 N–H and O–H groups in total. The maximum atomic E-state index is 12.2. The van der Waals surface area contributed by atoms with E-state index in [-0.39, 0.29) is 12.5 Å². The van der Waals surface area contributed by atoms with Gasteiger partial charge in [0.15, 0.2) is 0 Å². The first-order valence-corrected chi connectivity index (χ1v) is 7.37. The van der Waals surface area contributed by atoms with E-state index in [9.17, 15) is 4.79 Å². The van der Waals surface area contributed by atoms with E-state index in [1.165, 1.54) is 6.42 Å². The fraction of sp³-hybridized carbons (Fsp3) is 0.500. The highest BCUT2D eigenvalue weighted by molar-refractivity contribution is 5.83. The maximum Gasteiger partial charge on any atom is 0.241 e. The number of benzene rings is 1. The molecular weight excluding hydrogens is 264 g/mol. The molecule has 0 radical (unpaired) electrons. The van der Waals surface area contributed by atoms with Gasteiger partial charge in [0.1, 0.15) is 0 Å². The molecule has 1 aliphatic heterocycles. The second-order valence-electron chi connectivity index (χ2n) is 5.56. The van der Waals surface area contributed by atoms with Gasteiger partial charge in [-0.1, -0.05) is 6.92 Å². The Morgan fingerprint density at radius 3 is 2.95 bits per heavy atom. The van der Waals surface area contributed by atoms with Crippen molar-refractivity contribution in [2.24, 2.45) is 5.92 Å². The van der Waals surface area contributed by atoms with Gasteiger partial charge in [0, 0.05) is 20.1 Å². The lowest BCUT2D eigenvalue weighted by molar-refractivity contribution is -0.130. The van der Waals surface area contributed by atoms with Gasteiger partial charge in [-0.15, -0.1) is 0 Å². The number of carbonyl (C=O) groups excluding carboxylic acids is 1. The fourth-order valence-corrected chi connectivity index (χ4v) is 2.68. The first kappa shape index (κ1) is 15.2. The van der Waals surface area contributed by atoms with E-state index >= 15 is 0 Å². The smallest absolute Gasteiger partial charge is 0.241 e. The normalized spacial score (nSPS) is 18.0. The highest BCUT2D eigenvalue weighted by Gasteiger charge is 2.20. The molecule has 1 aromatic carbocycles. The second kappa shape index (κ2) is 6.98.